The first kappa shape index (κ1) is 23.4. The van der Waals surface area contributed by atoms with E-state index >= 15 is 0 Å². The highest BCUT2D eigenvalue weighted by Gasteiger charge is 2.25. The summed E-state index contributed by atoms with van der Waals surface area (Å²) in [7, 11) is 4.03. The predicted molar refractivity (Wildman–Crippen MR) is 140 cm³/mol. The van der Waals surface area contributed by atoms with Gasteiger partial charge in [-0.15, -0.1) is 0 Å². The highest BCUT2D eigenvalue weighted by atomic mass is 35.5. The third-order valence-electron chi connectivity index (χ3n) is 5.82. The molecule has 170 valence electrons. The Morgan fingerprint density at radius 1 is 0.939 bits per heavy atom. The van der Waals surface area contributed by atoms with E-state index in [0.29, 0.717) is 18.0 Å². The largest absolute Gasteiger partial charge is 0.308 e. The van der Waals surface area contributed by atoms with E-state index in [1.54, 1.807) is 11.3 Å². The molecule has 0 bridgehead atoms. The Hall–Kier alpha value is -2.73. The van der Waals surface area contributed by atoms with E-state index in [9.17, 15) is 4.79 Å². The summed E-state index contributed by atoms with van der Waals surface area (Å²) in [5.41, 5.74) is 4.09. The van der Waals surface area contributed by atoms with Gasteiger partial charge in [0.05, 0.1) is 10.2 Å². The Bertz CT molecular complexity index is 1180. The zero-order chi connectivity index (χ0) is 23.4. The zero-order valence-corrected chi connectivity index (χ0v) is 20.7. The first-order valence-corrected chi connectivity index (χ1v) is 12.2. The van der Waals surface area contributed by atoms with Crippen LogP contribution in [0.1, 0.15) is 29.0 Å². The molecule has 0 aliphatic heterocycles. The Labute approximate surface area is 204 Å². The van der Waals surface area contributed by atoms with Crippen LogP contribution in [0.5, 0.6) is 0 Å². The normalized spacial score (nSPS) is 11.5. The summed E-state index contributed by atoms with van der Waals surface area (Å²) >= 11 is 7.87. The minimum atomic E-state index is -0.0210. The number of thiazole rings is 1. The van der Waals surface area contributed by atoms with E-state index in [-0.39, 0.29) is 11.8 Å². The summed E-state index contributed by atoms with van der Waals surface area (Å²) in [6, 6.07) is 24.4. The minimum Gasteiger partial charge on any atom is -0.308 e. The van der Waals surface area contributed by atoms with Crippen molar-refractivity contribution in [3.63, 3.8) is 0 Å². The molecule has 0 N–H and O–H groups in total. The summed E-state index contributed by atoms with van der Waals surface area (Å²) in [5, 5.41) is 1.42. The molecule has 0 atom stereocenters. The molecule has 1 amide bonds. The van der Waals surface area contributed by atoms with Crippen LogP contribution in [-0.4, -0.2) is 43.0 Å². The van der Waals surface area contributed by atoms with Gasteiger partial charge in [-0.3, -0.25) is 9.69 Å². The van der Waals surface area contributed by atoms with Crippen LogP contribution in [0, 0.1) is 6.92 Å². The van der Waals surface area contributed by atoms with Crippen molar-refractivity contribution in [1.29, 1.82) is 0 Å². The molecule has 3 aromatic carbocycles. The van der Waals surface area contributed by atoms with Gasteiger partial charge in [-0.2, -0.15) is 0 Å². The van der Waals surface area contributed by atoms with Gasteiger partial charge in [0.15, 0.2) is 5.13 Å². The van der Waals surface area contributed by atoms with Gasteiger partial charge in [0.1, 0.15) is 0 Å². The number of rotatable bonds is 8. The van der Waals surface area contributed by atoms with Crippen molar-refractivity contribution in [3.05, 3.63) is 94.5 Å². The average molecular weight is 478 g/mol. The number of amides is 1. The third-order valence-corrected chi connectivity index (χ3v) is 7.28. The van der Waals surface area contributed by atoms with Crippen LogP contribution >= 0.6 is 22.9 Å². The topological polar surface area (TPSA) is 36.4 Å². The van der Waals surface area contributed by atoms with Crippen molar-refractivity contribution >= 4 is 44.2 Å². The summed E-state index contributed by atoms with van der Waals surface area (Å²) < 4.78 is 1.04. The molecule has 0 fully saturated rings. The van der Waals surface area contributed by atoms with Gasteiger partial charge in [0.2, 0.25) is 5.91 Å². The molecule has 1 aromatic heterocycles. The van der Waals surface area contributed by atoms with E-state index in [1.807, 2.05) is 74.4 Å². The van der Waals surface area contributed by atoms with Crippen molar-refractivity contribution in [2.24, 2.45) is 0 Å². The molecular weight excluding hydrogens is 450 g/mol. The van der Waals surface area contributed by atoms with Crippen LogP contribution in [0.15, 0.2) is 72.8 Å². The van der Waals surface area contributed by atoms with E-state index < -0.39 is 0 Å². The highest BCUT2D eigenvalue weighted by molar-refractivity contribution is 7.22. The van der Waals surface area contributed by atoms with Gasteiger partial charge in [0.25, 0.3) is 0 Å². The zero-order valence-electron chi connectivity index (χ0n) is 19.2. The van der Waals surface area contributed by atoms with Crippen molar-refractivity contribution in [1.82, 2.24) is 9.88 Å². The molecule has 1 heterocycles. The summed E-state index contributed by atoms with van der Waals surface area (Å²) in [4.78, 5) is 22.6. The van der Waals surface area contributed by atoms with Gasteiger partial charge in [-0.05, 0) is 49.8 Å². The summed E-state index contributed by atoms with van der Waals surface area (Å²) in [6.45, 7) is 3.30. The highest BCUT2D eigenvalue weighted by Crippen LogP contribution is 2.35. The number of aromatic nitrogens is 1. The van der Waals surface area contributed by atoms with Gasteiger partial charge >= 0.3 is 0 Å². The van der Waals surface area contributed by atoms with Crippen molar-refractivity contribution in [2.45, 2.75) is 19.3 Å². The van der Waals surface area contributed by atoms with E-state index in [1.165, 1.54) is 0 Å². The number of hydrogen-bond acceptors (Lipinski definition) is 4. The molecule has 0 aliphatic carbocycles. The molecule has 0 saturated heterocycles. The molecule has 6 heteroatoms. The van der Waals surface area contributed by atoms with Crippen LogP contribution in [-0.2, 0) is 4.79 Å². The van der Waals surface area contributed by atoms with Crippen molar-refractivity contribution in [2.75, 3.05) is 32.1 Å². The first-order valence-electron chi connectivity index (χ1n) is 11.0. The van der Waals surface area contributed by atoms with E-state index in [2.05, 4.69) is 29.2 Å². The molecule has 33 heavy (non-hydrogen) atoms. The summed E-state index contributed by atoms with van der Waals surface area (Å²) in [6.07, 6.45) is 0.372. The Morgan fingerprint density at radius 3 is 2.12 bits per heavy atom. The number of hydrogen-bond donors (Lipinski definition) is 0. The predicted octanol–water partition coefficient (Wildman–Crippen LogP) is 6.37. The first-order chi connectivity index (χ1) is 15.9. The van der Waals surface area contributed by atoms with Crippen LogP contribution in [0.25, 0.3) is 10.2 Å². The lowest BCUT2D eigenvalue weighted by molar-refractivity contribution is -0.118. The fraction of sp³-hybridized carbons (Fsp3) is 0.259. The molecular formula is C27H28ClN3OS. The quantitative estimate of drug-likeness (QED) is 0.295. The number of carbonyl (C=O) groups excluding carboxylic acids is 1. The number of aryl methyl sites for hydroxylation is 1. The van der Waals surface area contributed by atoms with Crippen LogP contribution in [0.2, 0.25) is 5.02 Å². The summed E-state index contributed by atoms with van der Waals surface area (Å²) in [5.74, 6) is 0.0460. The Kier molecular flexibility index (Phi) is 7.43. The van der Waals surface area contributed by atoms with Gasteiger partial charge in [0, 0.05) is 30.5 Å². The molecule has 0 unspecified atom stereocenters. The van der Waals surface area contributed by atoms with Crippen LogP contribution in [0.3, 0.4) is 0 Å². The van der Waals surface area contributed by atoms with Gasteiger partial charge < -0.3 is 4.90 Å². The Morgan fingerprint density at radius 2 is 1.55 bits per heavy atom. The second kappa shape index (κ2) is 10.5. The molecule has 0 spiro atoms. The Balaban J connectivity index is 1.69. The molecule has 4 nitrogen and oxygen atoms in total. The average Bonchev–Trinajstić information content (AvgIpc) is 3.25. The fourth-order valence-corrected chi connectivity index (χ4v) is 5.14. The number of anilines is 1. The minimum absolute atomic E-state index is 0.0210. The maximum absolute atomic E-state index is 13.8. The van der Waals surface area contributed by atoms with E-state index in [0.717, 1.165) is 38.6 Å². The lowest BCUT2D eigenvalue weighted by atomic mass is 9.88. The number of nitrogens with zero attached hydrogens (tertiary/aromatic N) is 3. The van der Waals surface area contributed by atoms with Crippen LogP contribution in [0.4, 0.5) is 5.13 Å². The maximum atomic E-state index is 13.8. The number of benzene rings is 3. The fourth-order valence-electron chi connectivity index (χ4n) is 3.91. The van der Waals surface area contributed by atoms with Crippen LogP contribution < -0.4 is 4.90 Å². The number of halogens is 1. The number of fused-ring (bicyclic) bond motifs is 1. The molecule has 4 rings (SSSR count). The SMILES string of the molecule is Cc1c(Cl)ccc2sc(N(CCN(C)C)C(=O)CC(c3ccccc3)c3ccccc3)nc12. The molecule has 0 radical (unpaired) electrons. The molecule has 4 aromatic rings. The van der Waals surface area contributed by atoms with Crippen molar-refractivity contribution < 1.29 is 4.79 Å². The van der Waals surface area contributed by atoms with Gasteiger partial charge in [-0.1, -0.05) is 83.6 Å². The number of carbonyl (C=O) groups is 1. The lowest BCUT2D eigenvalue weighted by Crippen LogP contribution is -2.37. The van der Waals surface area contributed by atoms with Gasteiger partial charge in [-0.25, -0.2) is 4.98 Å². The standard InChI is InChI=1S/C27H28ClN3OS/c1-19-23(28)14-15-24-26(19)29-27(33-24)31(17-16-30(2)3)25(32)18-22(20-10-6-4-7-11-20)21-12-8-5-9-13-21/h4-15,22H,16-18H2,1-3H3. The van der Waals surface area contributed by atoms with Crippen molar-refractivity contribution in [3.8, 4) is 0 Å². The third kappa shape index (κ3) is 5.44. The van der Waals surface area contributed by atoms with E-state index in [4.69, 9.17) is 16.6 Å². The molecule has 0 aliphatic rings. The number of likely N-dealkylation sites (N-methyl/N-ethyl adjacent to an activating group) is 1. The smallest absolute Gasteiger partial charge is 0.229 e. The monoisotopic (exact) mass is 477 g/mol. The molecule has 0 saturated carbocycles. The maximum Gasteiger partial charge on any atom is 0.229 e. The second-order valence-electron chi connectivity index (χ2n) is 8.44. The lowest BCUT2D eigenvalue weighted by Gasteiger charge is -2.25. The second-order valence-corrected chi connectivity index (χ2v) is 9.86.